The van der Waals surface area contributed by atoms with E-state index in [-0.39, 0.29) is 30.7 Å². The fourth-order valence-electron chi connectivity index (χ4n) is 4.08. The van der Waals surface area contributed by atoms with Crippen LogP contribution in [0.3, 0.4) is 0 Å². The quantitative estimate of drug-likeness (QED) is 0.268. The summed E-state index contributed by atoms with van der Waals surface area (Å²) in [7, 11) is -8.82. The Morgan fingerprint density at radius 2 is 2.00 bits per heavy atom. The molecule has 0 aromatic heterocycles. The molecule has 3 heterocycles. The lowest BCUT2D eigenvalue weighted by molar-refractivity contribution is -0.120. The van der Waals surface area contributed by atoms with Gasteiger partial charge in [0.1, 0.15) is 15.8 Å². The molecular weight excluding hydrogens is 474 g/mol. The van der Waals surface area contributed by atoms with Crippen molar-refractivity contribution >= 4 is 37.5 Å². The Labute approximate surface area is 191 Å². The lowest BCUT2D eigenvalue weighted by Crippen LogP contribution is -2.56. The van der Waals surface area contributed by atoms with Crippen molar-refractivity contribution in [3.05, 3.63) is 17.7 Å². The number of amides is 1. The van der Waals surface area contributed by atoms with Crippen LogP contribution in [-0.4, -0.2) is 80.1 Å². The number of aliphatic imine (C=N–C) groups is 1. The van der Waals surface area contributed by atoms with Crippen molar-refractivity contribution in [1.29, 1.82) is 0 Å². The Morgan fingerprint density at radius 3 is 2.61 bits per heavy atom. The molecule has 0 aliphatic carbocycles. The molecule has 0 bridgehead atoms. The number of anilines is 1. The van der Waals surface area contributed by atoms with Gasteiger partial charge in [0.05, 0.1) is 5.56 Å². The Morgan fingerprint density at radius 1 is 1.21 bits per heavy atom. The van der Waals surface area contributed by atoms with Gasteiger partial charge in [-0.15, -0.1) is 5.11 Å². The zero-order chi connectivity index (χ0) is 23.8. The summed E-state index contributed by atoms with van der Waals surface area (Å²) in [6.45, 7) is 1.94. The lowest BCUT2D eigenvalue weighted by Gasteiger charge is -2.35. The maximum Gasteiger partial charge on any atom is 0.242 e. The summed E-state index contributed by atoms with van der Waals surface area (Å²) in [6.07, 6.45) is 0.561. The van der Waals surface area contributed by atoms with E-state index in [4.69, 9.17) is 10.9 Å². The Balaban J connectivity index is 1.89. The van der Waals surface area contributed by atoms with Gasteiger partial charge in [-0.05, 0) is 25.1 Å². The molecule has 1 amide bonds. The van der Waals surface area contributed by atoms with Gasteiger partial charge in [0.25, 0.3) is 0 Å². The fraction of sp³-hybridized carbons (Fsp3) is 0.529. The smallest absolute Gasteiger partial charge is 0.242 e. The second-order valence-corrected chi connectivity index (χ2v) is 11.0. The number of primary amides is 1. The van der Waals surface area contributed by atoms with Gasteiger partial charge in [-0.1, -0.05) is 0 Å². The van der Waals surface area contributed by atoms with E-state index >= 15 is 0 Å². The van der Waals surface area contributed by atoms with E-state index in [1.807, 2.05) is 0 Å². The summed E-state index contributed by atoms with van der Waals surface area (Å²) in [6, 6.07) is 1.58. The highest BCUT2D eigenvalue weighted by Gasteiger charge is 2.36. The molecule has 16 heteroatoms. The zero-order valence-corrected chi connectivity index (χ0v) is 19.2. The molecule has 2 saturated heterocycles. The van der Waals surface area contributed by atoms with Gasteiger partial charge in [0.2, 0.25) is 26.0 Å². The Hall–Kier alpha value is -2.50. The van der Waals surface area contributed by atoms with Crippen molar-refractivity contribution in [3.63, 3.8) is 0 Å². The molecule has 3 aliphatic heterocycles. The van der Waals surface area contributed by atoms with E-state index in [2.05, 4.69) is 30.6 Å². The van der Waals surface area contributed by atoms with E-state index < -0.39 is 41.8 Å². The van der Waals surface area contributed by atoms with Gasteiger partial charge < -0.3 is 21.3 Å². The highest BCUT2D eigenvalue weighted by Crippen LogP contribution is 2.35. The van der Waals surface area contributed by atoms with Gasteiger partial charge >= 0.3 is 0 Å². The number of nitrogens with one attached hydrogen (secondary N) is 3. The first-order valence-electron chi connectivity index (χ1n) is 10.2. The molecule has 0 unspecified atom stereocenters. The lowest BCUT2D eigenvalue weighted by atomic mass is 10.1. The number of piperazine rings is 1. The molecule has 0 spiro atoms. The zero-order valence-electron chi connectivity index (χ0n) is 17.6. The van der Waals surface area contributed by atoms with Crippen molar-refractivity contribution < 1.29 is 21.6 Å². The van der Waals surface area contributed by atoms with Crippen molar-refractivity contribution in [2.45, 2.75) is 28.3 Å². The molecule has 180 valence electrons. The van der Waals surface area contributed by atoms with Crippen LogP contribution in [0.4, 0.5) is 5.69 Å². The number of benzene rings is 1. The number of primary sulfonamides is 1. The first kappa shape index (κ1) is 23.7. The van der Waals surface area contributed by atoms with Gasteiger partial charge in [0, 0.05) is 37.9 Å². The number of azo groups is 1. The predicted octanol–water partition coefficient (Wildman–Crippen LogP) is -2.59. The molecule has 2 atom stereocenters. The van der Waals surface area contributed by atoms with Crippen LogP contribution in [0.1, 0.15) is 12.0 Å². The van der Waals surface area contributed by atoms with Crippen molar-refractivity contribution in [2.24, 2.45) is 26.1 Å². The molecule has 0 radical (unpaired) electrons. The number of sulfonamides is 2. The second-order valence-electron chi connectivity index (χ2n) is 7.86. The number of carbonyl (C=O) groups excluding carboxylic acids is 1. The first-order valence-corrected chi connectivity index (χ1v) is 13.2. The van der Waals surface area contributed by atoms with Gasteiger partial charge in [-0.2, -0.15) is 5.11 Å². The maximum absolute atomic E-state index is 13.2. The molecular formula is C17H25N9O5S2. The number of amidine groups is 1. The highest BCUT2D eigenvalue weighted by atomic mass is 32.2. The number of nitrogens with two attached hydrogens (primary N) is 2. The average Bonchev–Trinajstić information content (AvgIpc) is 3.46. The number of hydrogen-bond donors (Lipinski definition) is 5. The molecule has 7 N–H and O–H groups in total. The van der Waals surface area contributed by atoms with E-state index in [0.29, 0.717) is 38.3 Å². The van der Waals surface area contributed by atoms with E-state index in [1.165, 1.54) is 12.1 Å². The number of hydrogen-bond acceptors (Lipinski definition) is 11. The first-order chi connectivity index (χ1) is 15.6. The minimum absolute atomic E-state index is 0.0345. The van der Waals surface area contributed by atoms with E-state index in [9.17, 15) is 21.6 Å². The minimum atomic E-state index is -4.56. The maximum atomic E-state index is 13.2. The third-order valence-corrected chi connectivity index (χ3v) is 8.27. The van der Waals surface area contributed by atoms with E-state index in [1.54, 1.807) is 4.90 Å². The summed E-state index contributed by atoms with van der Waals surface area (Å²) in [5.74, 6) is -0.623. The van der Waals surface area contributed by atoms with Crippen molar-refractivity contribution in [2.75, 3.05) is 44.3 Å². The third-order valence-electron chi connectivity index (χ3n) is 5.59. The molecule has 1 aromatic carbocycles. The summed E-state index contributed by atoms with van der Waals surface area (Å²) >= 11 is 0. The topological polar surface area (TPSA) is 214 Å². The highest BCUT2D eigenvalue weighted by molar-refractivity contribution is 7.92. The SMILES string of the molecule is NC(=O)[C@@H]1CN(c2ccc(S(=O)(=O)N[C@@H]3CCNC3)c(S(N)(=O)=O)c2C2=NCN=N2)CCN1. The van der Waals surface area contributed by atoms with Crippen LogP contribution in [0.15, 0.2) is 37.1 Å². The van der Waals surface area contributed by atoms with Gasteiger partial charge in [0.15, 0.2) is 12.5 Å². The molecule has 33 heavy (non-hydrogen) atoms. The molecule has 14 nitrogen and oxygen atoms in total. The number of carbonyl (C=O) groups is 1. The van der Waals surface area contributed by atoms with Crippen LogP contribution in [0.2, 0.25) is 0 Å². The standard InChI is InChI=1S/C17H25N9O5S2/c18-16(27)11-8-26(6-5-21-11)12-1-2-13(33(30,31)25-10-3-4-20-7-10)15(32(19,28)29)14(12)17-22-9-23-24-17/h1-2,10-11,20-21,25H,3-9H2,(H2,18,27)(H2,19,28,29)/t10-,11+/m1/s1. The Kier molecular flexibility index (Phi) is 6.47. The van der Waals surface area contributed by atoms with Crippen LogP contribution >= 0.6 is 0 Å². The molecule has 0 saturated carbocycles. The summed E-state index contributed by atoms with van der Waals surface area (Å²) in [4.78, 5) is 16.4. The normalized spacial score (nSPS) is 23.7. The van der Waals surface area contributed by atoms with Crippen LogP contribution in [0.5, 0.6) is 0 Å². The number of nitrogens with zero attached hydrogens (tertiary/aromatic N) is 4. The van der Waals surface area contributed by atoms with Gasteiger partial charge in [-0.25, -0.2) is 31.7 Å². The van der Waals surface area contributed by atoms with Crippen LogP contribution < -0.4 is 31.1 Å². The molecule has 1 aromatic rings. The van der Waals surface area contributed by atoms with Crippen molar-refractivity contribution in [1.82, 2.24) is 15.4 Å². The summed E-state index contributed by atoms with van der Waals surface area (Å²) < 4.78 is 54.5. The summed E-state index contributed by atoms with van der Waals surface area (Å²) in [5, 5.41) is 19.3. The average molecular weight is 500 g/mol. The van der Waals surface area contributed by atoms with Crippen LogP contribution in [0, 0.1) is 0 Å². The summed E-state index contributed by atoms with van der Waals surface area (Å²) in [5.41, 5.74) is 5.67. The minimum Gasteiger partial charge on any atom is -0.368 e. The molecule has 2 fully saturated rings. The number of rotatable bonds is 7. The largest absolute Gasteiger partial charge is 0.368 e. The van der Waals surface area contributed by atoms with E-state index in [0.717, 1.165) is 0 Å². The van der Waals surface area contributed by atoms with Crippen molar-refractivity contribution in [3.8, 4) is 0 Å². The molecule has 3 aliphatic rings. The molecule has 4 rings (SSSR count). The third kappa shape index (κ3) is 4.90. The monoisotopic (exact) mass is 499 g/mol. The van der Waals surface area contributed by atoms with Crippen LogP contribution in [0.25, 0.3) is 0 Å². The fourth-order valence-corrected chi connectivity index (χ4v) is 6.95. The second kappa shape index (κ2) is 9.03. The van der Waals surface area contributed by atoms with Crippen LogP contribution in [-0.2, 0) is 24.8 Å². The Bertz CT molecular complexity index is 1220. The predicted molar refractivity (Wildman–Crippen MR) is 119 cm³/mol. The van der Waals surface area contributed by atoms with Gasteiger partial charge in [-0.3, -0.25) is 4.79 Å².